The summed E-state index contributed by atoms with van der Waals surface area (Å²) in [7, 11) is 1.77. The van der Waals surface area contributed by atoms with Gasteiger partial charge in [0.2, 0.25) is 0 Å². The van der Waals surface area contributed by atoms with E-state index in [1.807, 2.05) is 31.2 Å². The van der Waals surface area contributed by atoms with Crippen LogP contribution in [-0.2, 0) is 4.79 Å². The van der Waals surface area contributed by atoms with Crippen LogP contribution in [0.25, 0.3) is 16.6 Å². The molecule has 1 fully saturated rings. The average molecular weight is 485 g/mol. The fraction of sp³-hybridized carbons (Fsp3) is 0.333. The van der Waals surface area contributed by atoms with Crippen LogP contribution in [0.2, 0.25) is 0 Å². The molecule has 9 nitrogen and oxygen atoms in total. The maximum atomic E-state index is 13.4. The summed E-state index contributed by atoms with van der Waals surface area (Å²) in [6.07, 6.45) is 7.74. The zero-order valence-corrected chi connectivity index (χ0v) is 20.8. The summed E-state index contributed by atoms with van der Waals surface area (Å²) in [5.74, 6) is 0.319. The van der Waals surface area contributed by atoms with E-state index in [0.29, 0.717) is 17.8 Å². The number of aromatic nitrogens is 3. The minimum absolute atomic E-state index is 0.103. The van der Waals surface area contributed by atoms with Gasteiger partial charge < -0.3 is 20.5 Å². The van der Waals surface area contributed by atoms with Crippen molar-refractivity contribution in [2.45, 2.75) is 38.6 Å². The van der Waals surface area contributed by atoms with E-state index in [9.17, 15) is 4.79 Å². The van der Waals surface area contributed by atoms with Crippen LogP contribution in [0.3, 0.4) is 0 Å². The zero-order chi connectivity index (χ0) is 25.1. The van der Waals surface area contributed by atoms with Gasteiger partial charge in [0.05, 0.1) is 22.8 Å². The Kier molecular flexibility index (Phi) is 6.71. The van der Waals surface area contributed by atoms with Crippen LogP contribution in [0.5, 0.6) is 0 Å². The van der Waals surface area contributed by atoms with E-state index in [4.69, 9.17) is 4.98 Å². The molecule has 186 valence electrons. The summed E-state index contributed by atoms with van der Waals surface area (Å²) in [5.41, 5.74) is 5.82. The monoisotopic (exact) mass is 484 g/mol. The number of anilines is 1. The molecule has 0 saturated carbocycles. The molecule has 1 unspecified atom stereocenters. The number of hydrogen-bond donors (Lipinski definition) is 3. The van der Waals surface area contributed by atoms with E-state index < -0.39 is 0 Å². The first-order valence-electron chi connectivity index (χ1n) is 12.4. The first-order valence-corrected chi connectivity index (χ1v) is 12.4. The second kappa shape index (κ2) is 10.2. The number of imidazole rings is 1. The lowest BCUT2D eigenvalue weighted by molar-refractivity contribution is -0.115. The Morgan fingerprint density at radius 1 is 1.22 bits per heavy atom. The Hall–Kier alpha value is -4.14. The van der Waals surface area contributed by atoms with Gasteiger partial charge in [-0.25, -0.2) is 4.98 Å². The molecular weight excluding hydrogens is 452 g/mol. The number of nitrogens with zero attached hydrogens (tertiary/aromatic N) is 5. The summed E-state index contributed by atoms with van der Waals surface area (Å²) in [6, 6.07) is 12.0. The first kappa shape index (κ1) is 23.6. The Morgan fingerprint density at radius 2 is 2.06 bits per heavy atom. The molecule has 1 aromatic carbocycles. The van der Waals surface area contributed by atoms with E-state index >= 15 is 0 Å². The summed E-state index contributed by atoms with van der Waals surface area (Å²) < 4.78 is 0. The van der Waals surface area contributed by atoms with E-state index in [-0.39, 0.29) is 11.9 Å². The first-order chi connectivity index (χ1) is 17.5. The number of nitrogens with one attached hydrogen (secondary N) is 3. The number of carbonyl (C=O) groups excluding carboxylic acids is 1. The molecule has 1 amide bonds. The van der Waals surface area contributed by atoms with Gasteiger partial charge >= 0.3 is 0 Å². The number of H-pyrrole nitrogens is 1. The highest BCUT2D eigenvalue weighted by Gasteiger charge is 2.28. The van der Waals surface area contributed by atoms with Gasteiger partial charge in [0, 0.05) is 62.8 Å². The fourth-order valence-corrected chi connectivity index (χ4v) is 4.82. The number of pyridine rings is 1. The zero-order valence-electron chi connectivity index (χ0n) is 20.8. The lowest BCUT2D eigenvalue weighted by atomic mass is 10.0. The van der Waals surface area contributed by atoms with Gasteiger partial charge in [-0.2, -0.15) is 5.10 Å². The second-order valence-corrected chi connectivity index (χ2v) is 9.31. The van der Waals surface area contributed by atoms with Crippen LogP contribution in [0, 0.1) is 0 Å². The normalized spacial score (nSPS) is 18.3. The summed E-state index contributed by atoms with van der Waals surface area (Å²) >= 11 is 0. The van der Waals surface area contributed by atoms with Crippen molar-refractivity contribution >= 4 is 34.9 Å². The smallest absolute Gasteiger partial charge is 0.261 e. The predicted molar refractivity (Wildman–Crippen MR) is 143 cm³/mol. The van der Waals surface area contributed by atoms with Crippen molar-refractivity contribution in [3.63, 3.8) is 0 Å². The van der Waals surface area contributed by atoms with E-state index in [0.717, 1.165) is 41.2 Å². The molecule has 0 spiro atoms. The number of hydrogen-bond acceptors (Lipinski definition) is 7. The molecule has 9 heteroatoms. The molecule has 4 heterocycles. The molecule has 2 aliphatic rings. The minimum atomic E-state index is -0.226. The molecule has 3 N–H and O–H groups in total. The second-order valence-electron chi connectivity index (χ2n) is 9.31. The number of rotatable bonds is 7. The summed E-state index contributed by atoms with van der Waals surface area (Å²) in [4.78, 5) is 28.5. The number of fused-ring (bicyclic) bond motifs is 1. The van der Waals surface area contributed by atoms with Crippen molar-refractivity contribution in [2.24, 2.45) is 5.10 Å². The molecule has 5 rings (SSSR count). The van der Waals surface area contributed by atoms with Crippen molar-refractivity contribution in [1.29, 1.82) is 0 Å². The van der Waals surface area contributed by atoms with Crippen molar-refractivity contribution in [3.8, 4) is 0 Å². The van der Waals surface area contributed by atoms with Gasteiger partial charge in [-0.05, 0) is 56.5 Å². The van der Waals surface area contributed by atoms with Crippen LogP contribution >= 0.6 is 0 Å². The van der Waals surface area contributed by atoms with Gasteiger partial charge in [-0.15, -0.1) is 0 Å². The molecule has 1 atom stereocenters. The molecule has 0 bridgehead atoms. The van der Waals surface area contributed by atoms with Gasteiger partial charge in [-0.1, -0.05) is 6.07 Å². The van der Waals surface area contributed by atoms with Crippen LogP contribution in [-0.4, -0.2) is 52.7 Å². The molecule has 1 saturated heterocycles. The summed E-state index contributed by atoms with van der Waals surface area (Å²) in [5, 5.41) is 12.0. The Bertz CT molecular complexity index is 1320. The van der Waals surface area contributed by atoms with Gasteiger partial charge in [0.25, 0.3) is 5.91 Å². The minimum Gasteiger partial charge on any atom is -0.379 e. The highest BCUT2D eigenvalue weighted by atomic mass is 16.1. The number of benzene rings is 1. The van der Waals surface area contributed by atoms with Crippen LogP contribution in [0.15, 0.2) is 65.3 Å². The number of amides is 1. The third-order valence-electron chi connectivity index (χ3n) is 6.68. The quantitative estimate of drug-likeness (QED) is 0.347. The predicted octanol–water partition coefficient (Wildman–Crippen LogP) is 3.92. The lowest BCUT2D eigenvalue weighted by Gasteiger charge is -2.28. The third kappa shape index (κ3) is 4.95. The fourth-order valence-electron chi connectivity index (χ4n) is 4.82. The molecule has 0 aliphatic carbocycles. The van der Waals surface area contributed by atoms with Crippen molar-refractivity contribution in [1.82, 2.24) is 30.6 Å². The van der Waals surface area contributed by atoms with Crippen LogP contribution in [0.4, 0.5) is 5.69 Å². The molecule has 2 aliphatic heterocycles. The van der Waals surface area contributed by atoms with E-state index in [1.54, 1.807) is 24.5 Å². The molecule has 36 heavy (non-hydrogen) atoms. The third-order valence-corrected chi connectivity index (χ3v) is 6.68. The maximum absolute atomic E-state index is 13.4. The number of piperidine rings is 1. The van der Waals surface area contributed by atoms with Crippen molar-refractivity contribution in [2.75, 3.05) is 25.0 Å². The highest BCUT2D eigenvalue weighted by Crippen LogP contribution is 2.30. The molecule has 3 aromatic rings. The molecular formula is C27H32N8O. The van der Waals surface area contributed by atoms with Crippen molar-refractivity contribution in [3.05, 3.63) is 71.7 Å². The largest absolute Gasteiger partial charge is 0.379 e. The standard InChI is InChI=1S/C27H32N8O/c1-18(21-9-5-6-12-29-21)30-24-15-19(17-34(3)28-2)31-27(36)25(24)26-32-22-11-10-20(16-23(22)33-26)35-13-7-4-8-14-35/h5-6,9-12,16-18,30H,2,4,7-8,13-15H2,1,3H3,(H,31,36)(H,32,33)/b19-17+. The Morgan fingerprint density at radius 3 is 2.81 bits per heavy atom. The van der Waals surface area contributed by atoms with Crippen LogP contribution < -0.4 is 15.5 Å². The summed E-state index contributed by atoms with van der Waals surface area (Å²) in [6.45, 7) is 7.72. The van der Waals surface area contributed by atoms with Gasteiger partial charge in [0.15, 0.2) is 0 Å². The molecule has 2 aromatic heterocycles. The van der Waals surface area contributed by atoms with Gasteiger partial charge in [0.1, 0.15) is 11.4 Å². The number of hydrazone groups is 1. The van der Waals surface area contributed by atoms with E-state index in [2.05, 4.69) is 49.5 Å². The number of carbonyl (C=O) groups is 1. The highest BCUT2D eigenvalue weighted by molar-refractivity contribution is 6.21. The maximum Gasteiger partial charge on any atom is 0.261 e. The molecule has 0 radical (unpaired) electrons. The topological polar surface area (TPSA) is 102 Å². The SMILES string of the molecule is C=NN(C)/C=C1\CC(NC(C)c2ccccn2)=C(c2nc3ccc(N4CCCCC4)cc3[nH]2)C(=O)N1. The number of aromatic amines is 1. The van der Waals surface area contributed by atoms with Crippen LogP contribution in [0.1, 0.15) is 50.2 Å². The van der Waals surface area contributed by atoms with E-state index in [1.165, 1.54) is 24.9 Å². The Balaban J connectivity index is 1.53. The lowest BCUT2D eigenvalue weighted by Crippen LogP contribution is -2.35. The Labute approximate surface area is 211 Å². The van der Waals surface area contributed by atoms with Gasteiger partial charge in [-0.3, -0.25) is 14.8 Å². The van der Waals surface area contributed by atoms with Crippen molar-refractivity contribution < 1.29 is 4.79 Å². The average Bonchev–Trinajstić information content (AvgIpc) is 3.32.